The van der Waals surface area contributed by atoms with Crippen molar-refractivity contribution in [2.24, 2.45) is 11.8 Å². The SMILES string of the molecule is CC(C)[C@@H]1CN(Cc2ccc3occc3c2)C[C@H]1NS(=O)(=O)N(C)C. The van der Waals surface area contributed by atoms with Crippen molar-refractivity contribution in [2.45, 2.75) is 26.4 Å². The Morgan fingerprint density at radius 3 is 2.72 bits per heavy atom. The van der Waals surface area contributed by atoms with Gasteiger partial charge >= 0.3 is 0 Å². The molecule has 1 aliphatic rings. The molecule has 6 nitrogen and oxygen atoms in total. The number of hydrogen-bond donors (Lipinski definition) is 1. The number of nitrogens with zero attached hydrogens (tertiary/aromatic N) is 2. The van der Waals surface area contributed by atoms with E-state index in [1.54, 1.807) is 20.4 Å². The number of furan rings is 1. The van der Waals surface area contributed by atoms with Crippen molar-refractivity contribution in [3.05, 3.63) is 36.1 Å². The zero-order chi connectivity index (χ0) is 18.2. The van der Waals surface area contributed by atoms with Crippen LogP contribution in [0.3, 0.4) is 0 Å². The van der Waals surface area contributed by atoms with Crippen molar-refractivity contribution in [3.63, 3.8) is 0 Å². The summed E-state index contributed by atoms with van der Waals surface area (Å²) in [6.07, 6.45) is 1.70. The van der Waals surface area contributed by atoms with E-state index >= 15 is 0 Å². The van der Waals surface area contributed by atoms with Crippen LogP contribution in [-0.4, -0.2) is 50.8 Å². The minimum absolute atomic E-state index is 0.0648. The molecule has 1 N–H and O–H groups in total. The molecule has 0 amide bonds. The molecule has 2 aromatic rings. The highest BCUT2D eigenvalue weighted by Crippen LogP contribution is 2.27. The van der Waals surface area contributed by atoms with E-state index < -0.39 is 10.2 Å². The molecule has 1 aliphatic heterocycles. The summed E-state index contributed by atoms with van der Waals surface area (Å²) in [5.74, 6) is 0.712. The second-order valence-electron chi connectivity index (χ2n) is 7.41. The first-order chi connectivity index (χ1) is 11.8. The highest BCUT2D eigenvalue weighted by Gasteiger charge is 2.37. The Bertz CT molecular complexity index is 829. The third kappa shape index (κ3) is 4.06. The lowest BCUT2D eigenvalue weighted by Gasteiger charge is -2.24. The topological polar surface area (TPSA) is 65.8 Å². The molecule has 0 radical (unpaired) electrons. The molecule has 2 atom stereocenters. The Balaban J connectivity index is 1.73. The monoisotopic (exact) mass is 365 g/mol. The molecule has 7 heteroatoms. The summed E-state index contributed by atoms with van der Waals surface area (Å²) in [5.41, 5.74) is 2.11. The minimum Gasteiger partial charge on any atom is -0.464 e. The van der Waals surface area contributed by atoms with Crippen molar-refractivity contribution in [3.8, 4) is 0 Å². The average Bonchev–Trinajstić information content (AvgIpc) is 3.13. The molecule has 1 fully saturated rings. The standard InChI is InChI=1S/C18H27N3O3S/c1-13(2)16-11-21(12-17(16)19-25(22,23)20(3)4)10-14-5-6-18-15(9-14)7-8-24-18/h5-9,13,16-17,19H,10-12H2,1-4H3/t16-,17+/m0/s1. The van der Waals surface area contributed by atoms with Gasteiger partial charge in [0.25, 0.3) is 10.2 Å². The molecule has 0 saturated carbocycles. The van der Waals surface area contributed by atoms with Crippen LogP contribution in [0.15, 0.2) is 34.9 Å². The van der Waals surface area contributed by atoms with Crippen LogP contribution < -0.4 is 4.72 Å². The van der Waals surface area contributed by atoms with Gasteiger partial charge < -0.3 is 4.42 Å². The largest absolute Gasteiger partial charge is 0.464 e. The smallest absolute Gasteiger partial charge is 0.279 e. The van der Waals surface area contributed by atoms with Crippen LogP contribution in [0.25, 0.3) is 11.0 Å². The Morgan fingerprint density at radius 2 is 2.04 bits per heavy atom. The summed E-state index contributed by atoms with van der Waals surface area (Å²) in [7, 11) is -0.311. The molecule has 1 saturated heterocycles. The summed E-state index contributed by atoms with van der Waals surface area (Å²) in [6.45, 7) is 6.73. The van der Waals surface area contributed by atoms with Gasteiger partial charge in [0.1, 0.15) is 5.58 Å². The zero-order valence-electron chi connectivity index (χ0n) is 15.3. The van der Waals surface area contributed by atoms with E-state index in [0.717, 1.165) is 30.6 Å². The number of fused-ring (bicyclic) bond motifs is 1. The summed E-state index contributed by atoms with van der Waals surface area (Å²) in [5, 5.41) is 1.10. The summed E-state index contributed by atoms with van der Waals surface area (Å²) in [4.78, 5) is 2.33. The van der Waals surface area contributed by atoms with Gasteiger partial charge in [-0.2, -0.15) is 17.4 Å². The van der Waals surface area contributed by atoms with Crippen LogP contribution >= 0.6 is 0 Å². The first-order valence-electron chi connectivity index (χ1n) is 8.64. The van der Waals surface area contributed by atoms with E-state index in [-0.39, 0.29) is 6.04 Å². The van der Waals surface area contributed by atoms with Crippen LogP contribution in [0.2, 0.25) is 0 Å². The van der Waals surface area contributed by atoms with Gasteiger partial charge in [0, 0.05) is 45.2 Å². The van der Waals surface area contributed by atoms with E-state index in [9.17, 15) is 8.42 Å². The third-order valence-electron chi connectivity index (χ3n) is 5.00. The van der Waals surface area contributed by atoms with Crippen molar-refractivity contribution in [1.29, 1.82) is 0 Å². The molecule has 3 rings (SSSR count). The van der Waals surface area contributed by atoms with Crippen molar-refractivity contribution < 1.29 is 12.8 Å². The molecular weight excluding hydrogens is 338 g/mol. The van der Waals surface area contributed by atoms with Crippen LogP contribution in [-0.2, 0) is 16.8 Å². The van der Waals surface area contributed by atoms with E-state index in [4.69, 9.17) is 4.42 Å². The molecule has 0 unspecified atom stereocenters. The predicted octanol–water partition coefficient (Wildman–Crippen LogP) is 2.29. The summed E-state index contributed by atoms with van der Waals surface area (Å²) in [6, 6.07) is 8.11. The van der Waals surface area contributed by atoms with Gasteiger partial charge in [-0.3, -0.25) is 4.90 Å². The number of hydrogen-bond acceptors (Lipinski definition) is 4. The van der Waals surface area contributed by atoms with Gasteiger partial charge in [-0.15, -0.1) is 0 Å². The van der Waals surface area contributed by atoms with Crippen molar-refractivity contribution >= 4 is 21.2 Å². The lowest BCUT2D eigenvalue weighted by atomic mass is 9.92. The maximum atomic E-state index is 12.2. The van der Waals surface area contributed by atoms with Gasteiger partial charge in [-0.1, -0.05) is 19.9 Å². The van der Waals surface area contributed by atoms with Crippen LogP contribution in [0.5, 0.6) is 0 Å². The second kappa shape index (κ2) is 7.07. The highest BCUT2D eigenvalue weighted by atomic mass is 32.2. The zero-order valence-corrected chi connectivity index (χ0v) is 16.1. The molecule has 2 heterocycles. The van der Waals surface area contributed by atoms with Crippen molar-refractivity contribution in [1.82, 2.24) is 13.9 Å². The molecule has 25 heavy (non-hydrogen) atoms. The quantitative estimate of drug-likeness (QED) is 0.853. The molecule has 138 valence electrons. The number of benzene rings is 1. The van der Waals surface area contributed by atoms with Gasteiger partial charge in [-0.05, 0) is 35.6 Å². The van der Waals surface area contributed by atoms with Crippen LogP contribution in [0.4, 0.5) is 0 Å². The number of nitrogens with one attached hydrogen (secondary N) is 1. The molecule has 1 aromatic carbocycles. The molecule has 0 spiro atoms. The number of rotatable bonds is 6. The number of likely N-dealkylation sites (tertiary alicyclic amines) is 1. The molecule has 1 aromatic heterocycles. The molecule has 0 aliphatic carbocycles. The lowest BCUT2D eigenvalue weighted by Crippen LogP contribution is -2.46. The normalized spacial score (nSPS) is 22.5. The van der Waals surface area contributed by atoms with E-state index in [0.29, 0.717) is 11.8 Å². The fourth-order valence-corrected chi connectivity index (χ4v) is 4.35. The Kier molecular flexibility index (Phi) is 5.20. The first kappa shape index (κ1) is 18.4. The third-order valence-corrected chi connectivity index (χ3v) is 6.56. The minimum atomic E-state index is -3.42. The van der Waals surface area contributed by atoms with E-state index in [1.165, 1.54) is 9.87 Å². The Hall–Kier alpha value is -1.41. The van der Waals surface area contributed by atoms with Gasteiger partial charge in [0.15, 0.2) is 0 Å². The first-order valence-corrected chi connectivity index (χ1v) is 10.1. The fourth-order valence-electron chi connectivity index (χ4n) is 3.51. The summed E-state index contributed by atoms with van der Waals surface area (Å²) < 4.78 is 33.9. The van der Waals surface area contributed by atoms with Crippen LogP contribution in [0.1, 0.15) is 19.4 Å². The molecular formula is C18H27N3O3S. The van der Waals surface area contributed by atoms with E-state index in [1.807, 2.05) is 12.1 Å². The fraction of sp³-hybridized carbons (Fsp3) is 0.556. The lowest BCUT2D eigenvalue weighted by molar-refractivity contribution is 0.296. The van der Waals surface area contributed by atoms with E-state index in [2.05, 4.69) is 35.6 Å². The summed E-state index contributed by atoms with van der Waals surface area (Å²) >= 11 is 0. The highest BCUT2D eigenvalue weighted by molar-refractivity contribution is 7.87. The maximum absolute atomic E-state index is 12.2. The van der Waals surface area contributed by atoms with Gasteiger partial charge in [0.2, 0.25) is 0 Å². The predicted molar refractivity (Wildman–Crippen MR) is 99.3 cm³/mol. The Morgan fingerprint density at radius 1 is 1.28 bits per heavy atom. The van der Waals surface area contributed by atoms with Crippen LogP contribution in [0, 0.1) is 11.8 Å². The maximum Gasteiger partial charge on any atom is 0.279 e. The van der Waals surface area contributed by atoms with Crippen molar-refractivity contribution in [2.75, 3.05) is 27.2 Å². The van der Waals surface area contributed by atoms with Gasteiger partial charge in [0.05, 0.1) is 6.26 Å². The Labute approximate surface area is 150 Å². The molecule has 0 bridgehead atoms. The average molecular weight is 365 g/mol. The van der Waals surface area contributed by atoms with Gasteiger partial charge in [-0.25, -0.2) is 0 Å². The second-order valence-corrected chi connectivity index (χ2v) is 9.32.